The average Bonchev–Trinajstić information content (AvgIpc) is 2.15. The Balaban J connectivity index is 2.84. The van der Waals surface area contributed by atoms with Gasteiger partial charge in [-0.15, -0.1) is 13.2 Å². The highest BCUT2D eigenvalue weighted by Crippen LogP contribution is 2.24. The van der Waals surface area contributed by atoms with Crippen LogP contribution in [0.25, 0.3) is 5.57 Å². The molecule has 1 N–H and O–H groups in total. The van der Waals surface area contributed by atoms with Crippen molar-refractivity contribution in [1.82, 2.24) is 0 Å². The Morgan fingerprint density at radius 2 is 1.75 bits per heavy atom. The Morgan fingerprint density at radius 1 is 1.25 bits per heavy atom. The van der Waals surface area contributed by atoms with E-state index in [9.17, 15) is 18.0 Å². The van der Waals surface area contributed by atoms with Gasteiger partial charge in [0.05, 0.1) is 5.57 Å². The van der Waals surface area contributed by atoms with Gasteiger partial charge >= 0.3 is 12.3 Å². The van der Waals surface area contributed by atoms with Crippen LogP contribution < -0.4 is 4.74 Å². The molecule has 3 nitrogen and oxygen atoms in total. The number of ether oxygens (including phenoxy) is 1. The lowest BCUT2D eigenvalue weighted by Crippen LogP contribution is -2.17. The van der Waals surface area contributed by atoms with Crippen LogP contribution in [0, 0.1) is 0 Å². The van der Waals surface area contributed by atoms with E-state index in [4.69, 9.17) is 5.11 Å². The number of benzene rings is 1. The summed E-state index contributed by atoms with van der Waals surface area (Å²) in [7, 11) is 0. The molecule has 0 unspecified atom stereocenters. The number of carboxylic acid groups (broad SMARTS) is 1. The molecule has 0 heterocycles. The van der Waals surface area contributed by atoms with E-state index in [1.165, 1.54) is 12.1 Å². The summed E-state index contributed by atoms with van der Waals surface area (Å²) in [6.07, 6.45) is -4.76. The van der Waals surface area contributed by atoms with Crippen molar-refractivity contribution in [2.24, 2.45) is 0 Å². The first-order valence-corrected chi connectivity index (χ1v) is 4.08. The number of hydrogen-bond acceptors (Lipinski definition) is 2. The normalized spacial score (nSPS) is 10.9. The van der Waals surface area contributed by atoms with Gasteiger partial charge in [-0.25, -0.2) is 4.79 Å². The van der Waals surface area contributed by atoms with E-state index in [0.29, 0.717) is 0 Å². The first-order chi connectivity index (χ1) is 7.29. The predicted molar refractivity (Wildman–Crippen MR) is 49.8 cm³/mol. The molecule has 0 bridgehead atoms. The van der Waals surface area contributed by atoms with Gasteiger partial charge in [0.25, 0.3) is 0 Å². The van der Waals surface area contributed by atoms with Gasteiger partial charge in [-0.1, -0.05) is 18.7 Å². The smallest absolute Gasteiger partial charge is 0.478 e. The molecule has 0 aliphatic carbocycles. The van der Waals surface area contributed by atoms with Crippen LogP contribution in [0.5, 0.6) is 5.75 Å². The quantitative estimate of drug-likeness (QED) is 0.815. The summed E-state index contributed by atoms with van der Waals surface area (Å²) in [5, 5.41) is 8.58. The molecule has 0 aromatic heterocycles. The summed E-state index contributed by atoms with van der Waals surface area (Å²) < 4.78 is 39.0. The number of carbonyl (C=O) groups is 1. The van der Waals surface area contributed by atoms with Crippen LogP contribution >= 0.6 is 0 Å². The standard InChI is InChI=1S/C10H7F3O3/c1-6(9(14)15)7-2-4-8(5-3-7)16-10(11,12)13/h2-5H,1H2,(H,14,15). The van der Waals surface area contributed by atoms with Crippen LogP contribution in [-0.4, -0.2) is 17.4 Å². The fourth-order valence-corrected chi connectivity index (χ4v) is 0.981. The zero-order valence-electron chi connectivity index (χ0n) is 7.91. The number of alkyl halides is 3. The molecule has 1 rings (SSSR count). The van der Waals surface area contributed by atoms with Gasteiger partial charge in [0.1, 0.15) is 5.75 Å². The summed E-state index contributed by atoms with van der Waals surface area (Å²) in [4.78, 5) is 10.5. The number of carboxylic acids is 1. The first kappa shape index (κ1) is 12.1. The number of aliphatic carboxylic acids is 1. The van der Waals surface area contributed by atoms with Gasteiger partial charge < -0.3 is 9.84 Å². The Kier molecular flexibility index (Phi) is 3.22. The third-order valence-electron chi connectivity index (χ3n) is 1.69. The second-order valence-electron chi connectivity index (χ2n) is 2.86. The topological polar surface area (TPSA) is 46.5 Å². The zero-order valence-corrected chi connectivity index (χ0v) is 7.91. The third kappa shape index (κ3) is 3.30. The van der Waals surface area contributed by atoms with Gasteiger partial charge in [0, 0.05) is 0 Å². The van der Waals surface area contributed by atoms with Crippen LogP contribution in [0.1, 0.15) is 5.56 Å². The van der Waals surface area contributed by atoms with Crippen molar-refractivity contribution in [3.8, 4) is 5.75 Å². The largest absolute Gasteiger partial charge is 0.573 e. The molecule has 86 valence electrons. The van der Waals surface area contributed by atoms with Gasteiger partial charge in [-0.3, -0.25) is 0 Å². The molecule has 1 aromatic carbocycles. The third-order valence-corrected chi connectivity index (χ3v) is 1.69. The first-order valence-electron chi connectivity index (χ1n) is 4.08. The van der Waals surface area contributed by atoms with Crippen molar-refractivity contribution in [2.45, 2.75) is 6.36 Å². The fraction of sp³-hybridized carbons (Fsp3) is 0.100. The SMILES string of the molecule is C=C(C(=O)O)c1ccc(OC(F)(F)F)cc1. The molecule has 0 saturated carbocycles. The van der Waals surface area contributed by atoms with E-state index in [0.717, 1.165) is 12.1 Å². The molecule has 0 aliphatic rings. The van der Waals surface area contributed by atoms with E-state index in [-0.39, 0.29) is 11.1 Å². The minimum absolute atomic E-state index is 0.196. The lowest BCUT2D eigenvalue weighted by molar-refractivity contribution is -0.274. The van der Waals surface area contributed by atoms with E-state index in [1.54, 1.807) is 0 Å². The summed E-state index contributed by atoms with van der Waals surface area (Å²) in [5.41, 5.74) is 0.0283. The lowest BCUT2D eigenvalue weighted by Gasteiger charge is -2.09. The van der Waals surface area contributed by atoms with E-state index in [2.05, 4.69) is 11.3 Å². The maximum Gasteiger partial charge on any atom is 0.573 e. The van der Waals surface area contributed by atoms with Crippen LogP contribution in [-0.2, 0) is 4.79 Å². The maximum atomic E-state index is 11.8. The minimum Gasteiger partial charge on any atom is -0.478 e. The summed E-state index contributed by atoms with van der Waals surface area (Å²) >= 11 is 0. The van der Waals surface area contributed by atoms with E-state index in [1.807, 2.05) is 0 Å². The minimum atomic E-state index is -4.76. The predicted octanol–water partition coefficient (Wildman–Crippen LogP) is 2.68. The molecule has 0 radical (unpaired) electrons. The fourth-order valence-electron chi connectivity index (χ4n) is 0.981. The van der Waals surface area contributed by atoms with Crippen molar-refractivity contribution in [3.63, 3.8) is 0 Å². The highest BCUT2D eigenvalue weighted by atomic mass is 19.4. The molecule has 0 saturated heterocycles. The summed E-state index contributed by atoms with van der Waals surface area (Å²) in [6.45, 7) is 3.27. The molecular weight excluding hydrogens is 225 g/mol. The van der Waals surface area contributed by atoms with E-state index < -0.39 is 18.1 Å². The lowest BCUT2D eigenvalue weighted by atomic mass is 10.1. The number of halogens is 3. The van der Waals surface area contributed by atoms with Crippen LogP contribution in [0.2, 0.25) is 0 Å². The molecule has 6 heteroatoms. The van der Waals surface area contributed by atoms with Crippen molar-refractivity contribution in [3.05, 3.63) is 36.4 Å². The number of hydrogen-bond donors (Lipinski definition) is 1. The average molecular weight is 232 g/mol. The van der Waals surface area contributed by atoms with Crippen LogP contribution in [0.15, 0.2) is 30.8 Å². The summed E-state index contributed by atoms with van der Waals surface area (Å²) in [6, 6.07) is 4.43. The van der Waals surface area contributed by atoms with Crippen LogP contribution in [0.4, 0.5) is 13.2 Å². The Hall–Kier alpha value is -1.98. The highest BCUT2D eigenvalue weighted by molar-refractivity contribution is 6.14. The molecule has 0 fully saturated rings. The monoisotopic (exact) mass is 232 g/mol. The van der Waals surface area contributed by atoms with Crippen molar-refractivity contribution in [2.75, 3.05) is 0 Å². The van der Waals surface area contributed by atoms with Crippen molar-refractivity contribution < 1.29 is 27.8 Å². The molecule has 0 amide bonds. The van der Waals surface area contributed by atoms with Crippen molar-refractivity contribution in [1.29, 1.82) is 0 Å². The summed E-state index contributed by atoms with van der Waals surface area (Å²) in [5.74, 6) is -1.64. The molecule has 0 spiro atoms. The molecule has 1 aromatic rings. The van der Waals surface area contributed by atoms with Crippen LogP contribution in [0.3, 0.4) is 0 Å². The molecule has 16 heavy (non-hydrogen) atoms. The maximum absolute atomic E-state index is 11.8. The van der Waals surface area contributed by atoms with Gasteiger partial charge in [-0.05, 0) is 17.7 Å². The Labute approximate surface area is 88.8 Å². The molecular formula is C10H7F3O3. The Bertz CT molecular complexity index is 406. The number of rotatable bonds is 3. The Morgan fingerprint density at radius 3 is 2.12 bits per heavy atom. The highest BCUT2D eigenvalue weighted by Gasteiger charge is 2.30. The van der Waals surface area contributed by atoms with E-state index >= 15 is 0 Å². The van der Waals surface area contributed by atoms with Crippen molar-refractivity contribution >= 4 is 11.5 Å². The van der Waals surface area contributed by atoms with Gasteiger partial charge in [0.2, 0.25) is 0 Å². The van der Waals surface area contributed by atoms with Gasteiger partial charge in [0.15, 0.2) is 0 Å². The zero-order chi connectivity index (χ0) is 12.3. The molecule has 0 aliphatic heterocycles. The van der Waals surface area contributed by atoms with Gasteiger partial charge in [-0.2, -0.15) is 0 Å². The second kappa shape index (κ2) is 4.26. The molecule has 0 atom stereocenters. The second-order valence-corrected chi connectivity index (χ2v) is 2.86.